The van der Waals surface area contributed by atoms with Gasteiger partial charge in [-0.25, -0.2) is 4.42 Å². The van der Waals surface area contributed by atoms with Gasteiger partial charge in [0.25, 0.3) is 5.91 Å². The van der Waals surface area contributed by atoms with E-state index in [1.807, 2.05) is 13.8 Å². The molecule has 0 aromatic heterocycles. The Morgan fingerprint density at radius 3 is 2.21 bits per heavy atom. The molecule has 2 aromatic carbocycles. The third-order valence-electron chi connectivity index (χ3n) is 4.30. The molecule has 0 aliphatic carbocycles. The number of nitrogens with zero attached hydrogens (tertiary/aromatic N) is 3. The molecule has 178 valence electrons. The summed E-state index contributed by atoms with van der Waals surface area (Å²) in [7, 11) is 2.86. The summed E-state index contributed by atoms with van der Waals surface area (Å²) in [4.78, 5) is 25.2. The number of ether oxygens (including phenoxy) is 4. The van der Waals surface area contributed by atoms with Crippen molar-refractivity contribution in [3.8, 4) is 23.0 Å². The van der Waals surface area contributed by atoms with Gasteiger partial charge >= 0.3 is 0 Å². The van der Waals surface area contributed by atoms with Gasteiger partial charge in [-0.15, -0.1) is 0 Å². The number of carbonyl (C=O) groups is 2. The fraction of sp³-hybridized carbons (Fsp3) is 0.364. The van der Waals surface area contributed by atoms with Crippen molar-refractivity contribution in [2.24, 2.45) is 10.2 Å². The molecule has 0 heterocycles. The van der Waals surface area contributed by atoms with Crippen LogP contribution in [0.25, 0.3) is 0 Å². The average Bonchev–Trinajstić information content (AvgIpc) is 2.80. The zero-order valence-electron chi connectivity index (χ0n) is 18.9. The van der Waals surface area contributed by atoms with Crippen molar-refractivity contribution in [3.63, 3.8) is 0 Å². The Bertz CT molecular complexity index is 1030. The summed E-state index contributed by atoms with van der Waals surface area (Å²) in [6, 6.07) is 6.34. The number of benzene rings is 2. The zero-order chi connectivity index (χ0) is 24.5. The first-order chi connectivity index (χ1) is 15.8. The lowest BCUT2D eigenvalue weighted by Crippen LogP contribution is -2.36. The van der Waals surface area contributed by atoms with Gasteiger partial charge in [-0.1, -0.05) is 17.7 Å². The lowest BCUT2D eigenvalue weighted by molar-refractivity contribution is -0.126. The van der Waals surface area contributed by atoms with Gasteiger partial charge in [0.2, 0.25) is 6.04 Å². The molecule has 1 unspecified atom stereocenters. The number of methoxy groups -OCH3 is 2. The number of carbonyl (C=O) groups excluding carboxylic acids is 2. The smallest absolute Gasteiger partial charge is 0.276 e. The van der Waals surface area contributed by atoms with Crippen LogP contribution >= 0.6 is 23.4 Å². The maximum Gasteiger partial charge on any atom is 0.276 e. The molecule has 11 heteroatoms. The van der Waals surface area contributed by atoms with Crippen molar-refractivity contribution in [1.82, 2.24) is 0 Å². The summed E-state index contributed by atoms with van der Waals surface area (Å²) >= 11 is 12.6. The number of hydrogen-bond donors (Lipinski definition) is 0. The molecule has 2 rings (SSSR count). The van der Waals surface area contributed by atoms with Crippen molar-refractivity contribution < 1.29 is 28.5 Å². The first kappa shape index (κ1) is 26.2. The van der Waals surface area contributed by atoms with Crippen molar-refractivity contribution >= 4 is 46.4 Å². The number of amides is 1. The van der Waals surface area contributed by atoms with Crippen LogP contribution in [-0.4, -0.2) is 45.2 Å². The number of azo groups is 1. The topological polar surface area (TPSA) is 99.0 Å². The van der Waals surface area contributed by atoms with Crippen LogP contribution in [0.1, 0.15) is 20.8 Å². The van der Waals surface area contributed by atoms with Crippen molar-refractivity contribution in [2.75, 3.05) is 31.9 Å². The molecule has 0 spiro atoms. The lowest BCUT2D eigenvalue weighted by atomic mass is 10.2. The molecule has 0 aliphatic heterocycles. The number of anilines is 1. The zero-order valence-corrected chi connectivity index (χ0v) is 20.4. The fourth-order valence-electron chi connectivity index (χ4n) is 2.81. The Morgan fingerprint density at radius 1 is 1.03 bits per heavy atom. The standard InChI is InChI=1S/C22H25Cl2N3O6/c1-6-32-18-11-14(23)15(12-19(18)33-7-2)25-26-20(13(3)28)22(29)27(24)16-9-8-10-17(30-4)21(16)31-5/h8-12,20H,6-7H2,1-5H3. The lowest BCUT2D eigenvalue weighted by Gasteiger charge is -2.20. The molecule has 9 nitrogen and oxygen atoms in total. The summed E-state index contributed by atoms with van der Waals surface area (Å²) in [5.41, 5.74) is 0.380. The highest BCUT2D eigenvalue weighted by Crippen LogP contribution is 2.40. The van der Waals surface area contributed by atoms with E-state index < -0.39 is 17.7 Å². The van der Waals surface area contributed by atoms with Crippen LogP contribution in [0.5, 0.6) is 23.0 Å². The van der Waals surface area contributed by atoms with Crippen LogP contribution in [0, 0.1) is 0 Å². The molecule has 1 amide bonds. The number of Topliss-reactive ketones (excluding diaryl/α,β-unsaturated/α-hetero) is 1. The quantitative estimate of drug-likeness (QED) is 0.234. The molecule has 0 aliphatic rings. The number of halogens is 2. The number of hydrogen-bond acceptors (Lipinski definition) is 8. The van der Waals surface area contributed by atoms with E-state index in [2.05, 4.69) is 10.2 Å². The van der Waals surface area contributed by atoms with Gasteiger partial charge in [-0.05, 0) is 32.9 Å². The molecule has 0 fully saturated rings. The first-order valence-electron chi connectivity index (χ1n) is 10.00. The molecule has 0 bridgehead atoms. The van der Waals surface area contributed by atoms with Crippen LogP contribution < -0.4 is 23.4 Å². The van der Waals surface area contributed by atoms with Gasteiger partial charge in [0.05, 0.1) is 32.5 Å². The minimum absolute atomic E-state index is 0.183. The second-order valence-electron chi connectivity index (χ2n) is 6.48. The Balaban J connectivity index is 2.39. The summed E-state index contributed by atoms with van der Waals surface area (Å²) in [5.74, 6) is 0.0375. The van der Waals surface area contributed by atoms with Crippen LogP contribution in [-0.2, 0) is 9.59 Å². The van der Waals surface area contributed by atoms with Gasteiger partial charge in [-0.3, -0.25) is 9.59 Å². The van der Waals surface area contributed by atoms with Gasteiger partial charge < -0.3 is 18.9 Å². The Kier molecular flexibility index (Phi) is 9.74. The van der Waals surface area contributed by atoms with E-state index in [0.29, 0.717) is 30.5 Å². The normalized spacial score (nSPS) is 11.7. The maximum atomic E-state index is 13.0. The first-order valence-corrected chi connectivity index (χ1v) is 10.7. The highest BCUT2D eigenvalue weighted by Gasteiger charge is 2.31. The van der Waals surface area contributed by atoms with E-state index in [1.54, 1.807) is 12.1 Å². The highest BCUT2D eigenvalue weighted by molar-refractivity contribution is 6.39. The SMILES string of the molecule is CCOc1cc(Cl)c(N=NC(C(C)=O)C(=O)N(Cl)c2cccc(OC)c2OC)cc1OCC. The Morgan fingerprint density at radius 2 is 1.67 bits per heavy atom. The third-order valence-corrected chi connectivity index (χ3v) is 4.95. The number of rotatable bonds is 11. The fourth-order valence-corrected chi connectivity index (χ4v) is 3.23. The van der Waals surface area contributed by atoms with Crippen molar-refractivity contribution in [1.29, 1.82) is 0 Å². The number of para-hydroxylation sites is 1. The van der Waals surface area contributed by atoms with Crippen LogP contribution in [0.3, 0.4) is 0 Å². The predicted molar refractivity (Wildman–Crippen MR) is 126 cm³/mol. The third kappa shape index (κ3) is 6.27. The molecule has 33 heavy (non-hydrogen) atoms. The van der Waals surface area contributed by atoms with Crippen LogP contribution in [0.4, 0.5) is 11.4 Å². The van der Waals surface area contributed by atoms with E-state index in [9.17, 15) is 9.59 Å². The molecular formula is C22H25Cl2N3O6. The van der Waals surface area contributed by atoms with Crippen molar-refractivity contribution in [3.05, 3.63) is 35.4 Å². The van der Waals surface area contributed by atoms with Crippen LogP contribution in [0.2, 0.25) is 5.02 Å². The number of ketones is 1. The molecule has 0 N–H and O–H groups in total. The summed E-state index contributed by atoms with van der Waals surface area (Å²) in [6.45, 7) is 5.65. The molecule has 0 saturated heterocycles. The van der Waals surface area contributed by atoms with E-state index in [-0.39, 0.29) is 22.1 Å². The van der Waals surface area contributed by atoms with Crippen molar-refractivity contribution in [2.45, 2.75) is 26.8 Å². The second kappa shape index (κ2) is 12.3. The van der Waals surface area contributed by atoms with E-state index in [0.717, 1.165) is 4.42 Å². The summed E-state index contributed by atoms with van der Waals surface area (Å²) in [6.07, 6.45) is 0. The summed E-state index contributed by atoms with van der Waals surface area (Å²) < 4.78 is 22.3. The second-order valence-corrected chi connectivity index (χ2v) is 7.22. The van der Waals surface area contributed by atoms with E-state index >= 15 is 0 Å². The van der Waals surface area contributed by atoms with Crippen LogP contribution in [0.15, 0.2) is 40.6 Å². The maximum absolute atomic E-state index is 13.0. The minimum atomic E-state index is -1.52. The predicted octanol–water partition coefficient (Wildman–Crippen LogP) is 5.38. The van der Waals surface area contributed by atoms with Gasteiger partial charge in [0, 0.05) is 23.9 Å². The van der Waals surface area contributed by atoms with E-state index in [4.69, 9.17) is 42.3 Å². The largest absolute Gasteiger partial charge is 0.493 e. The Hall–Kier alpha value is -3.04. The molecule has 2 aromatic rings. The highest BCUT2D eigenvalue weighted by atomic mass is 35.5. The van der Waals surface area contributed by atoms with Gasteiger partial charge in [-0.2, -0.15) is 10.2 Å². The Labute approximate surface area is 202 Å². The average molecular weight is 498 g/mol. The summed E-state index contributed by atoms with van der Waals surface area (Å²) in [5, 5.41) is 8.15. The molecule has 0 radical (unpaired) electrons. The van der Waals surface area contributed by atoms with Gasteiger partial charge in [0.1, 0.15) is 11.4 Å². The van der Waals surface area contributed by atoms with Gasteiger partial charge in [0.15, 0.2) is 28.8 Å². The molecule has 1 atom stereocenters. The monoisotopic (exact) mass is 497 g/mol. The minimum Gasteiger partial charge on any atom is -0.493 e. The molecular weight excluding hydrogens is 473 g/mol. The van der Waals surface area contributed by atoms with E-state index in [1.165, 1.54) is 39.3 Å². The molecule has 0 saturated carbocycles.